The minimum Gasteiger partial charge on any atom is -0.372 e. The van der Waals surface area contributed by atoms with Crippen molar-refractivity contribution >= 4 is 17.8 Å². The fourth-order valence-corrected chi connectivity index (χ4v) is 7.20. The van der Waals surface area contributed by atoms with E-state index in [1.54, 1.807) is 0 Å². The molecule has 34 heavy (non-hydrogen) atoms. The molecule has 4 bridgehead atoms. The maximum atomic E-state index is 12.5. The number of aromatic nitrogens is 1. The smallest absolute Gasteiger partial charge is 0.315 e. The molecule has 8 heteroatoms. The number of nitrogens with zero attached hydrogens (tertiary/aromatic N) is 2. The van der Waals surface area contributed by atoms with Crippen LogP contribution < -0.4 is 20.9 Å². The van der Waals surface area contributed by atoms with Gasteiger partial charge in [0, 0.05) is 44.3 Å². The third kappa shape index (κ3) is 5.48. The number of amides is 3. The Balaban J connectivity index is 1.01. The summed E-state index contributed by atoms with van der Waals surface area (Å²) in [5.74, 6) is 3.24. The van der Waals surface area contributed by atoms with E-state index in [0.717, 1.165) is 61.5 Å². The van der Waals surface area contributed by atoms with Crippen LogP contribution in [0.4, 0.5) is 10.6 Å². The zero-order valence-electron chi connectivity index (χ0n) is 20.5. The van der Waals surface area contributed by atoms with E-state index in [4.69, 9.17) is 4.74 Å². The van der Waals surface area contributed by atoms with Gasteiger partial charge in [0.05, 0.1) is 12.2 Å². The fraction of sp³-hybridized carbons (Fsp3) is 0.731. The van der Waals surface area contributed by atoms with Crippen LogP contribution in [0.25, 0.3) is 0 Å². The van der Waals surface area contributed by atoms with Gasteiger partial charge in [-0.2, -0.15) is 0 Å². The van der Waals surface area contributed by atoms with Gasteiger partial charge in [-0.15, -0.1) is 0 Å². The average molecular weight is 470 g/mol. The van der Waals surface area contributed by atoms with E-state index in [0.29, 0.717) is 13.1 Å². The van der Waals surface area contributed by atoms with Gasteiger partial charge < -0.3 is 25.6 Å². The molecular formula is C26H39N5O3. The number of carbonyl (C=O) groups excluding carboxylic acids is 2. The summed E-state index contributed by atoms with van der Waals surface area (Å²) in [5.41, 5.74) is 0.955. The lowest BCUT2D eigenvalue weighted by atomic mass is 9.53. The highest BCUT2D eigenvalue weighted by Crippen LogP contribution is 2.55. The third-order valence-corrected chi connectivity index (χ3v) is 8.10. The number of morpholine rings is 1. The van der Waals surface area contributed by atoms with Crippen molar-refractivity contribution in [1.29, 1.82) is 0 Å². The molecule has 2 atom stereocenters. The number of carbonyl (C=O) groups is 2. The molecule has 3 N–H and O–H groups in total. The van der Waals surface area contributed by atoms with Gasteiger partial charge in [0.2, 0.25) is 5.91 Å². The van der Waals surface area contributed by atoms with Crippen LogP contribution in [0.3, 0.4) is 0 Å². The quantitative estimate of drug-likeness (QED) is 0.571. The summed E-state index contributed by atoms with van der Waals surface area (Å²) >= 11 is 0. The molecule has 2 unspecified atom stereocenters. The first kappa shape index (κ1) is 23.4. The molecule has 0 aromatic carbocycles. The lowest BCUT2D eigenvalue weighted by Gasteiger charge is -2.56. The van der Waals surface area contributed by atoms with E-state index in [-0.39, 0.29) is 36.1 Å². The molecule has 186 valence electrons. The van der Waals surface area contributed by atoms with Gasteiger partial charge in [-0.1, -0.05) is 6.07 Å². The molecule has 8 nitrogen and oxygen atoms in total. The van der Waals surface area contributed by atoms with E-state index in [1.165, 1.54) is 19.3 Å². The first-order valence-electron chi connectivity index (χ1n) is 13.0. The van der Waals surface area contributed by atoms with Crippen LogP contribution in [0.5, 0.6) is 0 Å². The fourth-order valence-electron chi connectivity index (χ4n) is 7.20. The van der Waals surface area contributed by atoms with Gasteiger partial charge in [-0.05, 0) is 81.8 Å². The summed E-state index contributed by atoms with van der Waals surface area (Å²) in [6, 6.07) is 3.88. The summed E-state index contributed by atoms with van der Waals surface area (Å²) < 4.78 is 5.79. The Hall–Kier alpha value is -2.35. The average Bonchev–Trinajstić information content (AvgIpc) is 2.76. The van der Waals surface area contributed by atoms with Gasteiger partial charge in [0.15, 0.2) is 0 Å². The van der Waals surface area contributed by atoms with Crippen molar-refractivity contribution < 1.29 is 14.3 Å². The largest absolute Gasteiger partial charge is 0.372 e. The van der Waals surface area contributed by atoms with Crippen LogP contribution in [0.2, 0.25) is 0 Å². The molecule has 5 aliphatic rings. The zero-order chi connectivity index (χ0) is 23.7. The van der Waals surface area contributed by atoms with Gasteiger partial charge in [-0.25, -0.2) is 9.78 Å². The lowest BCUT2D eigenvalue weighted by Crippen LogP contribution is -2.61. The number of anilines is 1. The molecule has 2 heterocycles. The second kappa shape index (κ2) is 9.72. The molecule has 4 saturated carbocycles. The molecule has 5 fully saturated rings. The molecular weight excluding hydrogens is 430 g/mol. The minimum absolute atomic E-state index is 0.00242. The van der Waals surface area contributed by atoms with E-state index in [2.05, 4.69) is 39.7 Å². The topological polar surface area (TPSA) is 95.6 Å². The van der Waals surface area contributed by atoms with Crippen molar-refractivity contribution in [2.45, 2.75) is 83.1 Å². The number of ether oxygens (including phenoxy) is 1. The van der Waals surface area contributed by atoms with E-state index in [9.17, 15) is 9.59 Å². The van der Waals surface area contributed by atoms with E-state index < -0.39 is 0 Å². The second-order valence-corrected chi connectivity index (χ2v) is 11.3. The SMILES string of the molecule is CC1CN(c2ccc(CNC(=O)CCNC(=O)NC34CC5CC(CC(C5)C3)C4)cn2)CC(C)O1. The Labute approximate surface area is 202 Å². The van der Waals surface area contributed by atoms with Crippen molar-refractivity contribution in [3.05, 3.63) is 23.9 Å². The Morgan fingerprint density at radius 2 is 1.68 bits per heavy atom. The van der Waals surface area contributed by atoms with Crippen molar-refractivity contribution in [2.75, 3.05) is 24.5 Å². The summed E-state index contributed by atoms with van der Waals surface area (Å²) in [6.45, 7) is 6.59. The van der Waals surface area contributed by atoms with Crippen LogP contribution in [-0.4, -0.2) is 54.3 Å². The van der Waals surface area contributed by atoms with Gasteiger partial charge >= 0.3 is 6.03 Å². The third-order valence-electron chi connectivity index (χ3n) is 8.10. The molecule has 3 amide bonds. The van der Waals surface area contributed by atoms with Gasteiger partial charge in [0.25, 0.3) is 0 Å². The molecule has 0 spiro atoms. The number of nitrogens with one attached hydrogen (secondary N) is 3. The maximum Gasteiger partial charge on any atom is 0.315 e. The Morgan fingerprint density at radius 3 is 2.26 bits per heavy atom. The van der Waals surface area contributed by atoms with Crippen LogP contribution >= 0.6 is 0 Å². The molecule has 4 aliphatic carbocycles. The molecule has 1 aromatic rings. The Morgan fingerprint density at radius 1 is 1.03 bits per heavy atom. The molecule has 1 aromatic heterocycles. The number of hydrogen-bond donors (Lipinski definition) is 3. The summed E-state index contributed by atoms with van der Waals surface area (Å²) in [5, 5.41) is 9.12. The first-order chi connectivity index (χ1) is 16.4. The second-order valence-electron chi connectivity index (χ2n) is 11.3. The highest BCUT2D eigenvalue weighted by Gasteiger charge is 2.51. The standard InChI is InChI=1S/C26H39N5O3/c1-17-15-31(16-18(2)34-17)23-4-3-19(13-28-23)14-29-24(32)5-6-27-25(33)30-26-10-20-7-21(11-26)9-22(8-20)12-26/h3-4,13,17-18,20-22H,5-12,14-16H2,1-2H3,(H,29,32)(H2,27,30,33). The molecule has 6 rings (SSSR count). The predicted octanol–water partition coefficient (Wildman–Crippen LogP) is 2.97. The Bertz CT molecular complexity index is 844. The Kier molecular flexibility index (Phi) is 6.69. The summed E-state index contributed by atoms with van der Waals surface area (Å²) in [4.78, 5) is 31.6. The number of rotatable bonds is 7. The number of pyridine rings is 1. The van der Waals surface area contributed by atoms with Gasteiger partial charge in [-0.3, -0.25) is 4.79 Å². The van der Waals surface area contributed by atoms with E-state index >= 15 is 0 Å². The first-order valence-corrected chi connectivity index (χ1v) is 13.0. The zero-order valence-corrected chi connectivity index (χ0v) is 20.5. The van der Waals surface area contributed by atoms with Crippen molar-refractivity contribution in [2.24, 2.45) is 17.8 Å². The highest BCUT2D eigenvalue weighted by atomic mass is 16.5. The minimum atomic E-state index is -0.124. The van der Waals surface area contributed by atoms with Crippen molar-refractivity contribution in [3.63, 3.8) is 0 Å². The van der Waals surface area contributed by atoms with Crippen molar-refractivity contribution in [1.82, 2.24) is 20.9 Å². The molecule has 1 saturated heterocycles. The summed E-state index contributed by atoms with van der Waals surface area (Å²) in [6.07, 6.45) is 9.91. The van der Waals surface area contributed by atoms with Crippen molar-refractivity contribution in [3.8, 4) is 0 Å². The molecule has 0 radical (unpaired) electrons. The van der Waals surface area contributed by atoms with E-state index in [1.807, 2.05) is 18.3 Å². The normalized spacial score (nSPS) is 34.1. The lowest BCUT2D eigenvalue weighted by molar-refractivity contribution is -0.121. The number of hydrogen-bond acceptors (Lipinski definition) is 5. The van der Waals surface area contributed by atoms with Crippen LogP contribution in [0, 0.1) is 17.8 Å². The van der Waals surface area contributed by atoms with Gasteiger partial charge in [0.1, 0.15) is 5.82 Å². The van der Waals surface area contributed by atoms with Crippen LogP contribution in [-0.2, 0) is 16.1 Å². The highest BCUT2D eigenvalue weighted by molar-refractivity contribution is 5.78. The predicted molar refractivity (Wildman–Crippen MR) is 130 cm³/mol. The monoisotopic (exact) mass is 469 g/mol. The summed E-state index contributed by atoms with van der Waals surface area (Å²) in [7, 11) is 0. The maximum absolute atomic E-state index is 12.5. The molecule has 1 aliphatic heterocycles. The van der Waals surface area contributed by atoms with Crippen LogP contribution in [0.1, 0.15) is 64.4 Å². The number of urea groups is 1. The van der Waals surface area contributed by atoms with Crippen LogP contribution in [0.15, 0.2) is 18.3 Å².